The molecule has 0 aliphatic heterocycles. The second kappa shape index (κ2) is 7.53. The molecule has 2 aromatic rings. The number of aromatic amines is 1. The first kappa shape index (κ1) is 21.3. The summed E-state index contributed by atoms with van der Waals surface area (Å²) in [5, 5.41) is 0. The van der Waals surface area contributed by atoms with Crippen LogP contribution < -0.4 is 10.6 Å². The van der Waals surface area contributed by atoms with Crippen LogP contribution in [-0.4, -0.2) is 33.4 Å². The van der Waals surface area contributed by atoms with Crippen molar-refractivity contribution in [3.8, 4) is 11.3 Å². The molecule has 1 aromatic carbocycles. The number of aromatic nitrogens is 2. The van der Waals surface area contributed by atoms with Crippen LogP contribution in [0, 0.1) is 6.92 Å². The third kappa shape index (κ3) is 5.48. The van der Waals surface area contributed by atoms with Crippen LogP contribution in [-0.2, 0) is 9.47 Å². The zero-order valence-corrected chi connectivity index (χ0v) is 17.4. The summed E-state index contributed by atoms with van der Waals surface area (Å²) >= 11 is 0. The number of carbonyl (C=O) groups excluding carboxylic acids is 2. The van der Waals surface area contributed by atoms with Crippen molar-refractivity contribution in [3.63, 3.8) is 0 Å². The summed E-state index contributed by atoms with van der Waals surface area (Å²) in [6, 6.07) is 7.17. The Hall–Kier alpha value is -3.03. The first-order chi connectivity index (χ1) is 12.8. The highest BCUT2D eigenvalue weighted by molar-refractivity contribution is 6.08. The molecular weight excluding hydrogens is 360 g/mol. The van der Waals surface area contributed by atoms with Gasteiger partial charge < -0.3 is 20.2 Å². The summed E-state index contributed by atoms with van der Waals surface area (Å²) < 4.78 is 10.7. The van der Waals surface area contributed by atoms with Crippen LogP contribution in [0.2, 0.25) is 0 Å². The molecule has 0 unspecified atom stereocenters. The van der Waals surface area contributed by atoms with E-state index in [4.69, 9.17) is 15.2 Å². The lowest BCUT2D eigenvalue weighted by Crippen LogP contribution is -2.44. The number of ether oxygens (including phenoxy) is 2. The molecule has 3 N–H and O–H groups in total. The maximum Gasteiger partial charge on any atom is 0.427 e. The predicted molar refractivity (Wildman–Crippen MR) is 108 cm³/mol. The Morgan fingerprint density at radius 1 is 1.04 bits per heavy atom. The molecule has 28 heavy (non-hydrogen) atoms. The van der Waals surface area contributed by atoms with Crippen molar-refractivity contribution >= 4 is 23.8 Å². The molecule has 0 spiro atoms. The zero-order valence-electron chi connectivity index (χ0n) is 17.4. The lowest BCUT2D eigenvalue weighted by atomic mass is 10.1. The normalized spacial score (nSPS) is 11.8. The molecule has 1 heterocycles. The molecule has 1 aromatic heterocycles. The van der Waals surface area contributed by atoms with E-state index < -0.39 is 23.4 Å². The standard InChI is InChI=1S/C20H28N4O4/c1-12-15(13-9-8-10-14(21)11-13)23-16(22-12)24(17(25)27-19(2,3)4)18(26)28-20(5,6)7/h8-11H,21H2,1-7H3,(H,22,23). The summed E-state index contributed by atoms with van der Waals surface area (Å²) in [5.41, 5.74) is 6.83. The Kier molecular flexibility index (Phi) is 5.72. The van der Waals surface area contributed by atoms with E-state index >= 15 is 0 Å². The molecule has 2 amide bonds. The largest absolute Gasteiger partial charge is 0.443 e. The van der Waals surface area contributed by atoms with Gasteiger partial charge in [-0.1, -0.05) is 12.1 Å². The van der Waals surface area contributed by atoms with Gasteiger partial charge in [0, 0.05) is 16.9 Å². The Morgan fingerprint density at radius 3 is 2.04 bits per heavy atom. The van der Waals surface area contributed by atoms with Crippen molar-refractivity contribution in [1.82, 2.24) is 9.97 Å². The number of imidazole rings is 1. The number of amides is 2. The summed E-state index contributed by atoms with van der Waals surface area (Å²) in [6.45, 7) is 12.1. The monoisotopic (exact) mass is 388 g/mol. The number of carbonyl (C=O) groups is 2. The van der Waals surface area contributed by atoms with Gasteiger partial charge in [0.15, 0.2) is 0 Å². The number of aryl methyl sites for hydroxylation is 1. The van der Waals surface area contributed by atoms with Crippen molar-refractivity contribution in [1.29, 1.82) is 0 Å². The quantitative estimate of drug-likeness (QED) is 0.725. The van der Waals surface area contributed by atoms with E-state index in [1.54, 1.807) is 66.7 Å². The Balaban J connectivity index is 2.47. The molecule has 152 valence electrons. The highest BCUT2D eigenvalue weighted by Crippen LogP contribution is 2.27. The topological polar surface area (TPSA) is 111 Å². The van der Waals surface area contributed by atoms with Crippen molar-refractivity contribution < 1.29 is 19.1 Å². The van der Waals surface area contributed by atoms with E-state index in [9.17, 15) is 9.59 Å². The van der Waals surface area contributed by atoms with Gasteiger partial charge in [-0.2, -0.15) is 0 Å². The maximum absolute atomic E-state index is 12.7. The van der Waals surface area contributed by atoms with Crippen molar-refractivity contribution in [2.45, 2.75) is 59.7 Å². The van der Waals surface area contributed by atoms with Gasteiger partial charge in [0.05, 0.1) is 5.69 Å². The molecule has 0 saturated heterocycles. The smallest absolute Gasteiger partial charge is 0.427 e. The first-order valence-corrected chi connectivity index (χ1v) is 8.95. The highest BCUT2D eigenvalue weighted by atomic mass is 16.6. The van der Waals surface area contributed by atoms with Gasteiger partial charge >= 0.3 is 12.2 Å². The Morgan fingerprint density at radius 2 is 1.57 bits per heavy atom. The Bertz CT molecular complexity index is 847. The number of nitrogens with two attached hydrogens (primary N) is 1. The average molecular weight is 388 g/mol. The third-order valence-corrected chi connectivity index (χ3v) is 3.40. The van der Waals surface area contributed by atoms with Crippen LogP contribution in [0.5, 0.6) is 0 Å². The van der Waals surface area contributed by atoms with Crippen LogP contribution in [0.15, 0.2) is 24.3 Å². The maximum atomic E-state index is 12.7. The SMILES string of the molecule is Cc1[nH]c(N(C(=O)OC(C)(C)C)C(=O)OC(C)(C)C)nc1-c1cccc(N)c1. The molecule has 2 rings (SSSR count). The number of hydrogen-bond donors (Lipinski definition) is 2. The van der Waals surface area contributed by atoms with Gasteiger partial charge in [0.2, 0.25) is 5.95 Å². The van der Waals surface area contributed by atoms with Crippen LogP contribution in [0.1, 0.15) is 47.2 Å². The van der Waals surface area contributed by atoms with Gasteiger partial charge in [-0.25, -0.2) is 14.6 Å². The molecular formula is C20H28N4O4. The zero-order chi connectivity index (χ0) is 21.3. The van der Waals surface area contributed by atoms with Gasteiger partial charge in [-0.15, -0.1) is 4.90 Å². The van der Waals surface area contributed by atoms with E-state index in [1.165, 1.54) is 0 Å². The van der Waals surface area contributed by atoms with E-state index in [1.807, 2.05) is 6.07 Å². The average Bonchev–Trinajstić information content (AvgIpc) is 2.85. The molecule has 0 aliphatic rings. The first-order valence-electron chi connectivity index (χ1n) is 8.95. The third-order valence-electron chi connectivity index (χ3n) is 3.40. The van der Waals surface area contributed by atoms with Crippen LogP contribution in [0.3, 0.4) is 0 Å². The molecule has 8 nitrogen and oxygen atoms in total. The minimum atomic E-state index is -0.880. The molecule has 0 aliphatic carbocycles. The summed E-state index contributed by atoms with van der Waals surface area (Å²) in [6.07, 6.45) is -1.76. The number of H-pyrrole nitrogens is 1. The molecule has 0 fully saturated rings. The summed E-state index contributed by atoms with van der Waals surface area (Å²) in [5.74, 6) is 0.0124. The number of imide groups is 1. The second-order valence-corrected chi connectivity index (χ2v) is 8.46. The van der Waals surface area contributed by atoms with Crippen molar-refractivity contribution in [2.75, 3.05) is 10.6 Å². The fourth-order valence-corrected chi connectivity index (χ4v) is 2.38. The molecule has 0 saturated carbocycles. The highest BCUT2D eigenvalue weighted by Gasteiger charge is 2.35. The van der Waals surface area contributed by atoms with Crippen LogP contribution >= 0.6 is 0 Å². The molecule has 0 bridgehead atoms. The number of hydrogen-bond acceptors (Lipinski definition) is 6. The van der Waals surface area contributed by atoms with Crippen molar-refractivity contribution in [2.24, 2.45) is 0 Å². The van der Waals surface area contributed by atoms with Gasteiger partial charge in [-0.3, -0.25) is 0 Å². The number of rotatable bonds is 2. The van der Waals surface area contributed by atoms with Crippen molar-refractivity contribution in [3.05, 3.63) is 30.0 Å². The van der Waals surface area contributed by atoms with E-state index in [0.717, 1.165) is 10.5 Å². The van der Waals surface area contributed by atoms with Gasteiger partial charge in [0.25, 0.3) is 0 Å². The number of nitrogen functional groups attached to an aromatic ring is 1. The van der Waals surface area contributed by atoms with Gasteiger partial charge in [-0.05, 0) is 60.6 Å². The minimum absolute atomic E-state index is 0.0124. The molecule has 0 radical (unpaired) electrons. The minimum Gasteiger partial charge on any atom is -0.443 e. The lowest BCUT2D eigenvalue weighted by Gasteiger charge is -2.27. The number of benzene rings is 1. The van der Waals surface area contributed by atoms with Gasteiger partial charge in [0.1, 0.15) is 11.2 Å². The summed E-state index contributed by atoms with van der Waals surface area (Å²) in [4.78, 5) is 33.6. The lowest BCUT2D eigenvalue weighted by molar-refractivity contribution is 0.0427. The van der Waals surface area contributed by atoms with E-state index in [-0.39, 0.29) is 5.95 Å². The van der Waals surface area contributed by atoms with E-state index in [2.05, 4.69) is 9.97 Å². The van der Waals surface area contributed by atoms with Crippen LogP contribution in [0.25, 0.3) is 11.3 Å². The van der Waals surface area contributed by atoms with Crippen LogP contribution in [0.4, 0.5) is 21.2 Å². The Labute approximate surface area is 165 Å². The second-order valence-electron chi connectivity index (χ2n) is 8.46. The number of nitrogens with zero attached hydrogens (tertiary/aromatic N) is 2. The molecule has 0 atom stereocenters. The number of nitrogens with one attached hydrogen (secondary N) is 1. The fraction of sp³-hybridized carbons (Fsp3) is 0.450. The number of anilines is 2. The predicted octanol–water partition coefficient (Wildman–Crippen LogP) is 4.64. The summed E-state index contributed by atoms with van der Waals surface area (Å²) in [7, 11) is 0. The van der Waals surface area contributed by atoms with E-state index in [0.29, 0.717) is 17.1 Å². The fourth-order valence-electron chi connectivity index (χ4n) is 2.38. The molecule has 8 heteroatoms.